The van der Waals surface area contributed by atoms with Crippen LogP contribution >= 0.6 is 47.8 Å². The van der Waals surface area contributed by atoms with Gasteiger partial charge < -0.3 is 5.32 Å². The molecular weight excluding hydrogens is 434 g/mol. The van der Waals surface area contributed by atoms with E-state index in [1.807, 2.05) is 13.1 Å². The number of rotatable bonds is 4. The molecule has 0 saturated heterocycles. The molecule has 2 aromatic carbocycles. The van der Waals surface area contributed by atoms with Gasteiger partial charge in [0.2, 0.25) is 0 Å². The molecule has 1 N–H and O–H groups in total. The maximum Gasteiger partial charge on any atom is 0.0359 e. The molecule has 0 aliphatic carbocycles. The number of nitrogens with one attached hydrogen (secondary N) is 1. The number of halogens is 3. The van der Waals surface area contributed by atoms with Crippen LogP contribution in [-0.2, 0) is 6.42 Å². The van der Waals surface area contributed by atoms with Crippen molar-refractivity contribution in [2.45, 2.75) is 12.5 Å². The second kappa shape index (κ2) is 7.02. The lowest BCUT2D eigenvalue weighted by molar-refractivity contribution is 0.590. The van der Waals surface area contributed by atoms with E-state index in [0.717, 1.165) is 19.8 Å². The Morgan fingerprint density at radius 2 is 1.63 bits per heavy atom. The predicted octanol–water partition coefficient (Wildman–Crippen LogP) is 5.48. The fourth-order valence-electron chi connectivity index (χ4n) is 2.05. The molecule has 1 atom stereocenters. The van der Waals surface area contributed by atoms with Crippen molar-refractivity contribution >= 4 is 47.8 Å². The second-order valence-corrected chi connectivity index (χ2v) is 7.03. The van der Waals surface area contributed by atoms with E-state index in [-0.39, 0.29) is 6.04 Å². The van der Waals surface area contributed by atoms with Crippen LogP contribution < -0.4 is 5.32 Å². The van der Waals surface area contributed by atoms with E-state index in [1.165, 1.54) is 11.1 Å². The van der Waals surface area contributed by atoms with Crippen LogP contribution in [0, 0.1) is 0 Å². The third-order valence-corrected chi connectivity index (χ3v) is 4.71. The molecule has 19 heavy (non-hydrogen) atoms. The second-order valence-electron chi connectivity index (χ2n) is 4.34. The summed E-state index contributed by atoms with van der Waals surface area (Å²) < 4.78 is 3.33. The zero-order valence-electron chi connectivity index (χ0n) is 10.5. The molecule has 0 aliphatic heterocycles. The summed E-state index contributed by atoms with van der Waals surface area (Å²) in [5, 5.41) is 3.39. The molecule has 0 fully saturated rings. The lowest BCUT2D eigenvalue weighted by atomic mass is 9.99. The fourth-order valence-corrected chi connectivity index (χ4v) is 3.82. The van der Waals surface area contributed by atoms with Gasteiger partial charge in [0.25, 0.3) is 0 Å². The number of hydrogen-bond donors (Lipinski definition) is 1. The molecule has 100 valence electrons. The standard InChI is InChI=1S/C15H14Br3N/c1-19-15(8-10-4-2-3-5-14(10)18)11-6-12(16)9-13(17)7-11/h2-7,9,15,19H,8H2,1H3. The van der Waals surface area contributed by atoms with Gasteiger partial charge in [0.05, 0.1) is 0 Å². The fraction of sp³-hybridized carbons (Fsp3) is 0.200. The van der Waals surface area contributed by atoms with Crippen molar-refractivity contribution in [3.8, 4) is 0 Å². The third kappa shape index (κ3) is 4.15. The van der Waals surface area contributed by atoms with Gasteiger partial charge >= 0.3 is 0 Å². The Bertz CT molecular complexity index is 549. The molecule has 0 aliphatic rings. The number of hydrogen-bond acceptors (Lipinski definition) is 1. The van der Waals surface area contributed by atoms with E-state index in [1.54, 1.807) is 0 Å². The summed E-state index contributed by atoms with van der Waals surface area (Å²) >= 11 is 10.7. The van der Waals surface area contributed by atoms with E-state index in [2.05, 4.69) is 89.5 Å². The summed E-state index contributed by atoms with van der Waals surface area (Å²) in [6.07, 6.45) is 0.945. The first-order valence-corrected chi connectivity index (χ1v) is 8.34. The molecule has 2 aromatic rings. The summed E-state index contributed by atoms with van der Waals surface area (Å²) in [4.78, 5) is 0. The van der Waals surface area contributed by atoms with Crippen molar-refractivity contribution in [1.29, 1.82) is 0 Å². The topological polar surface area (TPSA) is 12.0 Å². The maximum atomic E-state index is 3.61. The first-order chi connectivity index (χ1) is 9.10. The SMILES string of the molecule is CNC(Cc1ccccc1Br)c1cc(Br)cc(Br)c1. The first-order valence-electron chi connectivity index (χ1n) is 5.97. The van der Waals surface area contributed by atoms with Crippen LogP contribution in [0.3, 0.4) is 0 Å². The highest BCUT2D eigenvalue weighted by Crippen LogP contribution is 2.28. The normalized spacial score (nSPS) is 12.4. The zero-order chi connectivity index (χ0) is 13.8. The molecule has 0 saturated carbocycles. The molecule has 0 radical (unpaired) electrons. The van der Waals surface area contributed by atoms with Gasteiger partial charge in [-0.3, -0.25) is 0 Å². The first kappa shape index (κ1) is 15.2. The summed E-state index contributed by atoms with van der Waals surface area (Å²) in [5.41, 5.74) is 2.57. The van der Waals surface area contributed by atoms with E-state index in [0.29, 0.717) is 0 Å². The maximum absolute atomic E-state index is 3.61. The van der Waals surface area contributed by atoms with E-state index < -0.39 is 0 Å². The molecule has 0 amide bonds. The highest BCUT2D eigenvalue weighted by Gasteiger charge is 2.13. The Morgan fingerprint density at radius 1 is 1.00 bits per heavy atom. The quantitative estimate of drug-likeness (QED) is 0.654. The molecule has 0 bridgehead atoms. The Hall–Kier alpha value is -0.160. The third-order valence-electron chi connectivity index (χ3n) is 3.02. The predicted molar refractivity (Wildman–Crippen MR) is 91.5 cm³/mol. The summed E-state index contributed by atoms with van der Waals surface area (Å²) in [6, 6.07) is 15.0. The molecule has 1 unspecified atom stereocenters. The van der Waals surface area contributed by atoms with E-state index in [4.69, 9.17) is 0 Å². The van der Waals surface area contributed by atoms with Crippen molar-refractivity contribution in [3.05, 3.63) is 67.0 Å². The van der Waals surface area contributed by atoms with Crippen LogP contribution in [0.5, 0.6) is 0 Å². The lowest BCUT2D eigenvalue weighted by Gasteiger charge is -2.18. The lowest BCUT2D eigenvalue weighted by Crippen LogP contribution is -2.19. The van der Waals surface area contributed by atoms with Crippen LogP contribution in [0.15, 0.2) is 55.9 Å². The minimum atomic E-state index is 0.285. The van der Waals surface area contributed by atoms with Crippen LogP contribution in [0.2, 0.25) is 0 Å². The van der Waals surface area contributed by atoms with Gasteiger partial charge in [-0.2, -0.15) is 0 Å². The van der Waals surface area contributed by atoms with E-state index in [9.17, 15) is 0 Å². The van der Waals surface area contributed by atoms with E-state index >= 15 is 0 Å². The van der Waals surface area contributed by atoms with Crippen molar-refractivity contribution < 1.29 is 0 Å². The van der Waals surface area contributed by atoms with Crippen LogP contribution in [-0.4, -0.2) is 7.05 Å². The average Bonchev–Trinajstić information content (AvgIpc) is 2.36. The Morgan fingerprint density at radius 3 is 2.21 bits per heavy atom. The largest absolute Gasteiger partial charge is 0.313 e. The Kier molecular flexibility index (Phi) is 5.63. The van der Waals surface area contributed by atoms with Crippen molar-refractivity contribution in [2.75, 3.05) is 7.05 Å². The van der Waals surface area contributed by atoms with Crippen molar-refractivity contribution in [1.82, 2.24) is 5.32 Å². The highest BCUT2D eigenvalue weighted by atomic mass is 79.9. The average molecular weight is 448 g/mol. The van der Waals surface area contributed by atoms with Crippen LogP contribution in [0.25, 0.3) is 0 Å². The minimum absolute atomic E-state index is 0.285. The summed E-state index contributed by atoms with van der Waals surface area (Å²) in [7, 11) is 2.00. The molecular formula is C15H14Br3N. The van der Waals surface area contributed by atoms with Gasteiger partial charge in [-0.1, -0.05) is 66.0 Å². The summed E-state index contributed by atoms with van der Waals surface area (Å²) in [6.45, 7) is 0. The van der Waals surface area contributed by atoms with Gasteiger partial charge in [0, 0.05) is 19.5 Å². The number of benzene rings is 2. The zero-order valence-corrected chi connectivity index (χ0v) is 15.2. The van der Waals surface area contributed by atoms with Crippen LogP contribution in [0.4, 0.5) is 0 Å². The smallest absolute Gasteiger partial charge is 0.0359 e. The molecule has 4 heteroatoms. The van der Waals surface area contributed by atoms with Gasteiger partial charge in [0.1, 0.15) is 0 Å². The van der Waals surface area contributed by atoms with Gasteiger partial charge in [-0.25, -0.2) is 0 Å². The molecule has 0 spiro atoms. The molecule has 2 rings (SSSR count). The molecule has 0 heterocycles. The van der Waals surface area contributed by atoms with Crippen molar-refractivity contribution in [2.24, 2.45) is 0 Å². The van der Waals surface area contributed by atoms with Gasteiger partial charge in [0.15, 0.2) is 0 Å². The van der Waals surface area contributed by atoms with Gasteiger partial charge in [-0.05, 0) is 48.9 Å². The minimum Gasteiger partial charge on any atom is -0.313 e. The molecule has 1 nitrogen and oxygen atoms in total. The highest BCUT2D eigenvalue weighted by molar-refractivity contribution is 9.11. The van der Waals surface area contributed by atoms with Crippen molar-refractivity contribution in [3.63, 3.8) is 0 Å². The molecule has 0 aromatic heterocycles. The number of likely N-dealkylation sites (N-methyl/N-ethyl adjacent to an activating group) is 1. The Balaban J connectivity index is 2.28. The monoisotopic (exact) mass is 445 g/mol. The Labute approximate surface area is 139 Å². The van der Waals surface area contributed by atoms with Crippen LogP contribution in [0.1, 0.15) is 17.2 Å². The van der Waals surface area contributed by atoms with Gasteiger partial charge in [-0.15, -0.1) is 0 Å². The summed E-state index contributed by atoms with van der Waals surface area (Å²) in [5.74, 6) is 0.